The molecule has 0 aliphatic rings. The Balaban J connectivity index is 2.32. The maximum Gasteiger partial charge on any atom is 0.330 e. The highest BCUT2D eigenvalue weighted by atomic mass is 79.9. The number of nitrogens with one attached hydrogen (secondary N) is 1. The van der Waals surface area contributed by atoms with Gasteiger partial charge in [0.2, 0.25) is 0 Å². The molecule has 0 aromatic heterocycles. The molecular weight excluding hydrogens is 349 g/mol. The Bertz CT molecular complexity index is 651. The molecule has 2 N–H and O–H groups in total. The first-order valence-corrected chi connectivity index (χ1v) is 6.84. The molecule has 2 aromatic rings. The highest BCUT2D eigenvalue weighted by molar-refractivity contribution is 9.10. The van der Waals surface area contributed by atoms with Gasteiger partial charge in [0.1, 0.15) is 5.82 Å². The van der Waals surface area contributed by atoms with Crippen LogP contribution in [0.3, 0.4) is 0 Å². The summed E-state index contributed by atoms with van der Waals surface area (Å²) in [4.78, 5) is 11.4. The molecule has 0 spiro atoms. The van der Waals surface area contributed by atoms with Gasteiger partial charge in [-0.15, -0.1) is 0 Å². The van der Waals surface area contributed by atoms with E-state index in [0.717, 1.165) is 0 Å². The zero-order chi connectivity index (χ0) is 14.7. The maximum absolute atomic E-state index is 13.1. The van der Waals surface area contributed by atoms with E-state index in [1.54, 1.807) is 24.3 Å². The van der Waals surface area contributed by atoms with Gasteiger partial charge in [0, 0.05) is 10.2 Å². The number of benzene rings is 2. The summed E-state index contributed by atoms with van der Waals surface area (Å²) in [6.07, 6.45) is 0. The van der Waals surface area contributed by atoms with Gasteiger partial charge in [0.15, 0.2) is 6.04 Å². The Hall–Kier alpha value is -1.59. The molecule has 0 aliphatic carbocycles. The molecule has 0 aliphatic heterocycles. The molecule has 0 heterocycles. The number of hydrogen-bond acceptors (Lipinski definition) is 2. The van der Waals surface area contributed by atoms with E-state index in [1.807, 2.05) is 0 Å². The fourth-order valence-corrected chi connectivity index (χ4v) is 2.16. The molecule has 6 heteroatoms. The van der Waals surface area contributed by atoms with Crippen molar-refractivity contribution < 1.29 is 14.3 Å². The van der Waals surface area contributed by atoms with Gasteiger partial charge in [-0.1, -0.05) is 23.7 Å². The molecule has 0 saturated heterocycles. The largest absolute Gasteiger partial charge is 0.479 e. The van der Waals surface area contributed by atoms with Crippen molar-refractivity contribution in [2.75, 3.05) is 5.32 Å². The molecular formula is C14H10BrClFNO2. The summed E-state index contributed by atoms with van der Waals surface area (Å²) in [6.45, 7) is 0. The van der Waals surface area contributed by atoms with Crippen LogP contribution in [-0.2, 0) is 4.79 Å². The predicted octanol–water partition coefficient (Wildman–Crippen LogP) is 4.48. The van der Waals surface area contributed by atoms with Crippen LogP contribution in [0.25, 0.3) is 0 Å². The third-order valence-electron chi connectivity index (χ3n) is 2.66. The van der Waals surface area contributed by atoms with Gasteiger partial charge in [-0.3, -0.25) is 0 Å². The lowest BCUT2D eigenvalue weighted by atomic mass is 10.1. The van der Waals surface area contributed by atoms with Crippen LogP contribution in [-0.4, -0.2) is 11.1 Å². The van der Waals surface area contributed by atoms with E-state index in [2.05, 4.69) is 21.2 Å². The summed E-state index contributed by atoms with van der Waals surface area (Å²) in [5.41, 5.74) is 0.867. The minimum absolute atomic E-state index is 0.386. The minimum Gasteiger partial charge on any atom is -0.479 e. The second-order valence-corrected chi connectivity index (χ2v) is 5.36. The van der Waals surface area contributed by atoms with Crippen molar-refractivity contribution in [2.24, 2.45) is 0 Å². The van der Waals surface area contributed by atoms with Crippen LogP contribution in [0.4, 0.5) is 10.1 Å². The molecule has 1 unspecified atom stereocenters. The maximum atomic E-state index is 13.1. The van der Waals surface area contributed by atoms with Gasteiger partial charge in [0.05, 0.1) is 5.02 Å². The Morgan fingerprint density at radius 1 is 1.30 bits per heavy atom. The van der Waals surface area contributed by atoms with E-state index in [4.69, 9.17) is 11.6 Å². The molecule has 3 nitrogen and oxygen atoms in total. The Morgan fingerprint density at radius 3 is 2.65 bits per heavy atom. The fourth-order valence-electron chi connectivity index (χ4n) is 1.72. The number of carbonyl (C=O) groups is 1. The summed E-state index contributed by atoms with van der Waals surface area (Å²) in [5.74, 6) is -1.51. The second kappa shape index (κ2) is 6.24. The summed E-state index contributed by atoms with van der Waals surface area (Å²) in [5, 5.41) is 12.5. The Labute approximate surface area is 128 Å². The number of hydrogen-bond donors (Lipinski definition) is 2. The topological polar surface area (TPSA) is 49.3 Å². The molecule has 0 amide bonds. The Kier molecular flexibility index (Phi) is 4.62. The van der Waals surface area contributed by atoms with Crippen molar-refractivity contribution in [3.8, 4) is 0 Å². The number of rotatable bonds is 4. The van der Waals surface area contributed by atoms with E-state index >= 15 is 0 Å². The van der Waals surface area contributed by atoms with Crippen molar-refractivity contribution in [3.05, 3.63) is 63.3 Å². The fraction of sp³-hybridized carbons (Fsp3) is 0.0714. The number of halogens is 3. The van der Waals surface area contributed by atoms with Gasteiger partial charge in [-0.2, -0.15) is 0 Å². The van der Waals surface area contributed by atoms with Gasteiger partial charge < -0.3 is 10.4 Å². The van der Waals surface area contributed by atoms with Crippen molar-refractivity contribution >= 4 is 39.2 Å². The molecule has 0 bridgehead atoms. The molecule has 20 heavy (non-hydrogen) atoms. The molecule has 1 atom stereocenters. The van der Waals surface area contributed by atoms with Crippen molar-refractivity contribution in [1.29, 1.82) is 0 Å². The van der Waals surface area contributed by atoms with Crippen molar-refractivity contribution in [2.45, 2.75) is 6.04 Å². The first-order chi connectivity index (χ1) is 9.47. The van der Waals surface area contributed by atoms with Crippen LogP contribution in [0.15, 0.2) is 46.9 Å². The molecule has 2 aromatic carbocycles. The van der Waals surface area contributed by atoms with Crippen LogP contribution in [0.5, 0.6) is 0 Å². The molecule has 2 rings (SSSR count). The summed E-state index contributed by atoms with van der Waals surface area (Å²) in [7, 11) is 0. The number of carboxylic acid groups (broad SMARTS) is 1. The monoisotopic (exact) mass is 357 g/mol. The summed E-state index contributed by atoms with van der Waals surface area (Å²) < 4.78 is 13.8. The van der Waals surface area contributed by atoms with E-state index in [9.17, 15) is 14.3 Å². The van der Waals surface area contributed by atoms with Crippen LogP contribution >= 0.6 is 27.5 Å². The summed E-state index contributed by atoms with van der Waals surface area (Å²) >= 11 is 9.21. The lowest BCUT2D eigenvalue weighted by Gasteiger charge is -2.16. The van der Waals surface area contributed by atoms with E-state index in [1.165, 1.54) is 18.2 Å². The average Bonchev–Trinajstić information content (AvgIpc) is 2.39. The lowest BCUT2D eigenvalue weighted by Crippen LogP contribution is -2.20. The highest BCUT2D eigenvalue weighted by Crippen LogP contribution is 2.28. The average molecular weight is 359 g/mol. The first kappa shape index (κ1) is 14.8. The standard InChI is InChI=1S/C14H10BrClFNO2/c15-11-5-4-8(6-12(11)16)13(14(19)20)18-10-3-1-2-9(17)7-10/h1-7,13,18H,(H,19,20). The third-order valence-corrected chi connectivity index (χ3v) is 3.89. The van der Waals surface area contributed by atoms with E-state index < -0.39 is 17.8 Å². The normalized spacial score (nSPS) is 11.9. The Morgan fingerprint density at radius 2 is 2.05 bits per heavy atom. The number of carboxylic acids is 1. The van der Waals surface area contributed by atoms with E-state index in [-0.39, 0.29) is 0 Å². The molecule has 0 radical (unpaired) electrons. The summed E-state index contributed by atoms with van der Waals surface area (Å²) in [6, 6.07) is 9.47. The third kappa shape index (κ3) is 3.49. The van der Waals surface area contributed by atoms with Crippen LogP contribution in [0.2, 0.25) is 5.02 Å². The second-order valence-electron chi connectivity index (χ2n) is 4.10. The van der Waals surface area contributed by atoms with Gasteiger partial charge in [-0.05, 0) is 51.8 Å². The van der Waals surface area contributed by atoms with Crippen molar-refractivity contribution in [1.82, 2.24) is 0 Å². The van der Waals surface area contributed by atoms with Crippen LogP contribution in [0, 0.1) is 5.82 Å². The molecule has 0 fully saturated rings. The minimum atomic E-state index is -1.08. The quantitative estimate of drug-likeness (QED) is 0.847. The van der Waals surface area contributed by atoms with Crippen LogP contribution in [0.1, 0.15) is 11.6 Å². The smallest absolute Gasteiger partial charge is 0.330 e. The zero-order valence-electron chi connectivity index (χ0n) is 10.1. The van der Waals surface area contributed by atoms with Gasteiger partial charge in [0.25, 0.3) is 0 Å². The number of aliphatic carboxylic acids is 1. The highest BCUT2D eigenvalue weighted by Gasteiger charge is 2.20. The molecule has 0 saturated carbocycles. The van der Waals surface area contributed by atoms with Gasteiger partial charge in [-0.25, -0.2) is 9.18 Å². The van der Waals surface area contributed by atoms with E-state index in [0.29, 0.717) is 20.7 Å². The predicted molar refractivity (Wildman–Crippen MR) is 79.6 cm³/mol. The first-order valence-electron chi connectivity index (χ1n) is 5.67. The lowest BCUT2D eigenvalue weighted by molar-refractivity contribution is -0.138. The SMILES string of the molecule is O=C(O)C(Nc1cccc(F)c1)c1ccc(Br)c(Cl)c1. The van der Waals surface area contributed by atoms with Crippen molar-refractivity contribution in [3.63, 3.8) is 0 Å². The van der Waals surface area contributed by atoms with Gasteiger partial charge >= 0.3 is 5.97 Å². The van der Waals surface area contributed by atoms with Crippen LogP contribution < -0.4 is 5.32 Å². The molecule has 104 valence electrons. The number of anilines is 1. The zero-order valence-corrected chi connectivity index (χ0v) is 12.5.